The molecule has 14 heavy (non-hydrogen) atoms. The van der Waals surface area contributed by atoms with Crippen LogP contribution in [0.5, 0.6) is 5.75 Å². The standard InChI is InChI=1S/C11H9ClO2/c1-7-3-2-4-9-10(12)8(5-13)6-14-11(7)9/h2-5H,6H2,1H3. The summed E-state index contributed by atoms with van der Waals surface area (Å²) in [7, 11) is 0. The second kappa shape index (κ2) is 3.46. The van der Waals surface area contributed by atoms with E-state index < -0.39 is 0 Å². The second-order valence-corrected chi connectivity index (χ2v) is 3.58. The molecule has 1 aromatic carbocycles. The number of benzene rings is 1. The minimum atomic E-state index is 0.264. The lowest BCUT2D eigenvalue weighted by Gasteiger charge is -2.19. The number of aldehydes is 1. The van der Waals surface area contributed by atoms with E-state index in [1.54, 1.807) is 0 Å². The Labute approximate surface area is 87.1 Å². The molecule has 0 radical (unpaired) electrons. The third-order valence-electron chi connectivity index (χ3n) is 2.24. The Balaban J connectivity index is 2.63. The molecule has 1 aliphatic rings. The van der Waals surface area contributed by atoms with Crippen molar-refractivity contribution in [2.45, 2.75) is 6.92 Å². The Bertz CT molecular complexity index is 421. The van der Waals surface area contributed by atoms with Crippen molar-refractivity contribution in [2.75, 3.05) is 6.61 Å². The summed E-state index contributed by atoms with van der Waals surface area (Å²) >= 11 is 6.05. The first-order chi connectivity index (χ1) is 6.74. The Kier molecular flexibility index (Phi) is 2.30. The first-order valence-electron chi connectivity index (χ1n) is 4.30. The molecule has 0 bridgehead atoms. The molecule has 0 unspecified atom stereocenters. The fourth-order valence-corrected chi connectivity index (χ4v) is 1.74. The predicted octanol–water partition coefficient (Wildman–Crippen LogP) is 2.54. The Morgan fingerprint density at radius 2 is 2.29 bits per heavy atom. The molecule has 0 amide bonds. The fourth-order valence-electron chi connectivity index (χ4n) is 1.49. The third-order valence-corrected chi connectivity index (χ3v) is 2.69. The van der Waals surface area contributed by atoms with Crippen LogP contribution in [0, 0.1) is 6.92 Å². The minimum absolute atomic E-state index is 0.264. The second-order valence-electron chi connectivity index (χ2n) is 3.20. The number of carbonyl (C=O) groups is 1. The number of halogens is 1. The molecule has 0 fully saturated rings. The molecule has 3 heteroatoms. The van der Waals surface area contributed by atoms with Crippen molar-refractivity contribution in [2.24, 2.45) is 0 Å². The van der Waals surface area contributed by atoms with E-state index >= 15 is 0 Å². The van der Waals surface area contributed by atoms with Gasteiger partial charge in [0.05, 0.1) is 5.03 Å². The van der Waals surface area contributed by atoms with Crippen LogP contribution in [0.1, 0.15) is 11.1 Å². The van der Waals surface area contributed by atoms with Crippen LogP contribution in [0.2, 0.25) is 0 Å². The van der Waals surface area contributed by atoms with Gasteiger partial charge in [0.2, 0.25) is 0 Å². The first kappa shape index (κ1) is 9.28. The van der Waals surface area contributed by atoms with Crippen molar-refractivity contribution in [3.05, 3.63) is 34.9 Å². The van der Waals surface area contributed by atoms with Crippen LogP contribution >= 0.6 is 11.6 Å². The average molecular weight is 209 g/mol. The monoisotopic (exact) mass is 208 g/mol. The SMILES string of the molecule is Cc1cccc2c1OCC(C=O)=C2Cl. The van der Waals surface area contributed by atoms with Crippen LogP contribution in [0.25, 0.3) is 5.03 Å². The fraction of sp³-hybridized carbons (Fsp3) is 0.182. The van der Waals surface area contributed by atoms with Gasteiger partial charge in [-0.3, -0.25) is 4.79 Å². The average Bonchev–Trinajstić information content (AvgIpc) is 2.20. The summed E-state index contributed by atoms with van der Waals surface area (Å²) < 4.78 is 5.45. The van der Waals surface area contributed by atoms with Crippen LogP contribution in [0.3, 0.4) is 0 Å². The number of para-hydroxylation sites is 1. The molecule has 1 heterocycles. The first-order valence-corrected chi connectivity index (χ1v) is 4.68. The highest BCUT2D eigenvalue weighted by molar-refractivity contribution is 6.51. The summed E-state index contributed by atoms with van der Waals surface area (Å²) in [5.41, 5.74) is 2.34. The zero-order chi connectivity index (χ0) is 10.1. The van der Waals surface area contributed by atoms with Gasteiger partial charge in [0.25, 0.3) is 0 Å². The minimum Gasteiger partial charge on any atom is -0.488 e. The topological polar surface area (TPSA) is 26.3 Å². The number of carbonyl (C=O) groups excluding carboxylic acids is 1. The highest BCUT2D eigenvalue weighted by atomic mass is 35.5. The molecule has 1 aromatic rings. The summed E-state index contributed by atoms with van der Waals surface area (Å²) in [6.07, 6.45) is 0.744. The lowest BCUT2D eigenvalue weighted by atomic mass is 10.0. The maximum absolute atomic E-state index is 10.6. The highest BCUT2D eigenvalue weighted by Crippen LogP contribution is 2.36. The maximum atomic E-state index is 10.6. The van der Waals surface area contributed by atoms with Crippen molar-refractivity contribution in [3.63, 3.8) is 0 Å². The molecule has 0 saturated carbocycles. The Morgan fingerprint density at radius 1 is 1.50 bits per heavy atom. The smallest absolute Gasteiger partial charge is 0.150 e. The van der Waals surface area contributed by atoms with Crippen LogP contribution in [-0.4, -0.2) is 12.9 Å². The van der Waals surface area contributed by atoms with Crippen LogP contribution < -0.4 is 4.74 Å². The van der Waals surface area contributed by atoms with Gasteiger partial charge in [0, 0.05) is 11.1 Å². The van der Waals surface area contributed by atoms with Gasteiger partial charge in [0.15, 0.2) is 6.29 Å². The molecule has 1 aliphatic heterocycles. The number of fused-ring (bicyclic) bond motifs is 1. The van der Waals surface area contributed by atoms with Crippen molar-refractivity contribution in [3.8, 4) is 5.75 Å². The molecule has 0 aliphatic carbocycles. The quantitative estimate of drug-likeness (QED) is 0.663. The van der Waals surface area contributed by atoms with E-state index in [2.05, 4.69) is 0 Å². The van der Waals surface area contributed by atoms with E-state index in [0.29, 0.717) is 10.6 Å². The lowest BCUT2D eigenvalue weighted by Crippen LogP contribution is -2.11. The van der Waals surface area contributed by atoms with E-state index in [1.807, 2.05) is 25.1 Å². The molecule has 0 aromatic heterocycles. The molecule has 0 atom stereocenters. The van der Waals surface area contributed by atoms with E-state index in [0.717, 1.165) is 23.2 Å². The number of ether oxygens (including phenoxy) is 1. The zero-order valence-electron chi connectivity index (χ0n) is 7.71. The van der Waals surface area contributed by atoms with Gasteiger partial charge in [-0.2, -0.15) is 0 Å². The Hall–Kier alpha value is -1.28. The van der Waals surface area contributed by atoms with E-state index in [4.69, 9.17) is 16.3 Å². The number of hydrogen-bond acceptors (Lipinski definition) is 2. The molecule has 0 spiro atoms. The maximum Gasteiger partial charge on any atom is 0.150 e. The van der Waals surface area contributed by atoms with Crippen molar-refractivity contribution >= 4 is 22.9 Å². The van der Waals surface area contributed by atoms with Crippen LogP contribution in [0.4, 0.5) is 0 Å². The highest BCUT2D eigenvalue weighted by Gasteiger charge is 2.19. The summed E-state index contributed by atoms with van der Waals surface area (Å²) in [5.74, 6) is 0.781. The molecule has 2 nitrogen and oxygen atoms in total. The van der Waals surface area contributed by atoms with E-state index in [-0.39, 0.29) is 6.61 Å². The Morgan fingerprint density at radius 3 is 3.00 bits per heavy atom. The summed E-state index contributed by atoms with van der Waals surface area (Å²) in [5, 5.41) is 0.505. The summed E-state index contributed by atoms with van der Waals surface area (Å²) in [6, 6.07) is 5.70. The summed E-state index contributed by atoms with van der Waals surface area (Å²) in [6.45, 7) is 2.22. The summed E-state index contributed by atoms with van der Waals surface area (Å²) in [4.78, 5) is 10.6. The normalized spacial score (nSPS) is 14.7. The molecule has 0 N–H and O–H groups in total. The van der Waals surface area contributed by atoms with Gasteiger partial charge in [-0.15, -0.1) is 0 Å². The lowest BCUT2D eigenvalue weighted by molar-refractivity contribution is -0.105. The molecule has 0 saturated heterocycles. The number of aryl methyl sites for hydroxylation is 1. The van der Waals surface area contributed by atoms with Gasteiger partial charge >= 0.3 is 0 Å². The molecule has 72 valence electrons. The number of hydrogen-bond donors (Lipinski definition) is 0. The molecular formula is C11H9ClO2. The van der Waals surface area contributed by atoms with Gasteiger partial charge in [-0.1, -0.05) is 23.7 Å². The third kappa shape index (κ3) is 1.32. The van der Waals surface area contributed by atoms with Crippen molar-refractivity contribution in [1.82, 2.24) is 0 Å². The molecular weight excluding hydrogens is 200 g/mol. The van der Waals surface area contributed by atoms with Gasteiger partial charge in [-0.25, -0.2) is 0 Å². The van der Waals surface area contributed by atoms with Crippen molar-refractivity contribution < 1.29 is 9.53 Å². The van der Waals surface area contributed by atoms with E-state index in [9.17, 15) is 4.79 Å². The van der Waals surface area contributed by atoms with Gasteiger partial charge in [-0.05, 0) is 18.6 Å². The van der Waals surface area contributed by atoms with Crippen LogP contribution in [-0.2, 0) is 4.79 Å². The van der Waals surface area contributed by atoms with Gasteiger partial charge < -0.3 is 4.74 Å². The largest absolute Gasteiger partial charge is 0.488 e. The predicted molar refractivity (Wildman–Crippen MR) is 55.5 cm³/mol. The number of rotatable bonds is 1. The molecule has 2 rings (SSSR count). The van der Waals surface area contributed by atoms with Crippen LogP contribution in [0.15, 0.2) is 23.8 Å². The van der Waals surface area contributed by atoms with Gasteiger partial charge in [0.1, 0.15) is 12.4 Å². The van der Waals surface area contributed by atoms with Crippen molar-refractivity contribution in [1.29, 1.82) is 0 Å². The zero-order valence-corrected chi connectivity index (χ0v) is 8.47. The van der Waals surface area contributed by atoms with E-state index in [1.165, 1.54) is 0 Å².